The molecule has 1 aromatic carbocycles. The molecule has 0 spiro atoms. The molecule has 0 aliphatic heterocycles. The van der Waals surface area contributed by atoms with E-state index in [-0.39, 0.29) is 18.0 Å². The molecule has 1 heterocycles. The van der Waals surface area contributed by atoms with Gasteiger partial charge in [-0.05, 0) is 39.7 Å². The Morgan fingerprint density at radius 2 is 2.11 bits per heavy atom. The third kappa shape index (κ3) is 3.29. The fourth-order valence-electron chi connectivity index (χ4n) is 1.70. The number of halogens is 2. The molecule has 2 aromatic rings. The van der Waals surface area contributed by atoms with Crippen molar-refractivity contribution >= 4 is 21.7 Å². The summed E-state index contributed by atoms with van der Waals surface area (Å²) in [6, 6.07) is 8.35. The summed E-state index contributed by atoms with van der Waals surface area (Å²) in [5, 5.41) is 0. The first kappa shape index (κ1) is 13.0. The Labute approximate surface area is 113 Å². The van der Waals surface area contributed by atoms with E-state index in [0.717, 1.165) is 5.76 Å². The van der Waals surface area contributed by atoms with Gasteiger partial charge in [-0.2, -0.15) is 0 Å². The predicted molar refractivity (Wildman–Crippen MR) is 69.8 cm³/mol. The van der Waals surface area contributed by atoms with Crippen LogP contribution in [0.1, 0.15) is 17.7 Å². The van der Waals surface area contributed by atoms with Gasteiger partial charge in [-0.3, -0.25) is 4.79 Å². The lowest BCUT2D eigenvalue weighted by atomic mass is 10.1. The Kier molecular flexibility index (Phi) is 4.31. The maximum atomic E-state index is 13.3. The van der Waals surface area contributed by atoms with Crippen LogP contribution in [-0.2, 0) is 17.6 Å². The van der Waals surface area contributed by atoms with Gasteiger partial charge in [0.2, 0.25) is 0 Å². The van der Waals surface area contributed by atoms with Gasteiger partial charge in [0.1, 0.15) is 17.4 Å². The number of furan rings is 1. The number of aryl methyl sites for hydroxylation is 1. The third-order valence-corrected chi connectivity index (χ3v) is 3.54. The summed E-state index contributed by atoms with van der Waals surface area (Å²) < 4.78 is 18.8. The smallest absolute Gasteiger partial charge is 0.137 e. The van der Waals surface area contributed by atoms with E-state index in [0.29, 0.717) is 22.9 Å². The van der Waals surface area contributed by atoms with E-state index in [1.54, 1.807) is 24.5 Å². The number of ketones is 1. The first-order chi connectivity index (χ1) is 8.66. The second kappa shape index (κ2) is 5.96. The molecule has 0 N–H and O–H groups in total. The number of hydrogen-bond acceptors (Lipinski definition) is 2. The minimum Gasteiger partial charge on any atom is -0.469 e. The van der Waals surface area contributed by atoms with Crippen LogP contribution in [0.4, 0.5) is 4.39 Å². The van der Waals surface area contributed by atoms with E-state index in [9.17, 15) is 9.18 Å². The SMILES string of the molecule is O=C(CCc1ccco1)Cc1cccc(F)c1Br. The molecule has 0 unspecified atom stereocenters. The molecule has 1 aromatic heterocycles. The zero-order chi connectivity index (χ0) is 13.0. The van der Waals surface area contributed by atoms with Crippen LogP contribution >= 0.6 is 15.9 Å². The van der Waals surface area contributed by atoms with Crippen molar-refractivity contribution in [2.45, 2.75) is 19.3 Å². The molecule has 0 radical (unpaired) electrons. The minimum absolute atomic E-state index is 0.0673. The highest BCUT2D eigenvalue weighted by atomic mass is 79.9. The topological polar surface area (TPSA) is 30.2 Å². The monoisotopic (exact) mass is 310 g/mol. The minimum atomic E-state index is -0.341. The van der Waals surface area contributed by atoms with Crippen molar-refractivity contribution in [2.24, 2.45) is 0 Å². The van der Waals surface area contributed by atoms with Crippen LogP contribution in [-0.4, -0.2) is 5.78 Å². The van der Waals surface area contributed by atoms with Gasteiger partial charge in [0.05, 0.1) is 10.7 Å². The van der Waals surface area contributed by atoms with Gasteiger partial charge in [0.25, 0.3) is 0 Å². The molecule has 0 aliphatic rings. The fourth-order valence-corrected chi connectivity index (χ4v) is 2.11. The second-order valence-corrected chi connectivity index (χ2v) is 4.80. The van der Waals surface area contributed by atoms with Crippen molar-refractivity contribution in [3.63, 3.8) is 0 Å². The van der Waals surface area contributed by atoms with E-state index in [1.165, 1.54) is 6.07 Å². The van der Waals surface area contributed by atoms with Crippen molar-refractivity contribution in [1.82, 2.24) is 0 Å². The van der Waals surface area contributed by atoms with Crippen LogP contribution in [0.2, 0.25) is 0 Å². The first-order valence-corrected chi connectivity index (χ1v) is 6.43. The van der Waals surface area contributed by atoms with Gasteiger partial charge in [-0.15, -0.1) is 0 Å². The standard InChI is InChI=1S/C14H12BrFO2/c15-14-10(3-1-5-13(14)16)9-11(17)6-7-12-4-2-8-18-12/h1-5,8H,6-7,9H2. The summed E-state index contributed by atoms with van der Waals surface area (Å²) in [6.45, 7) is 0. The van der Waals surface area contributed by atoms with E-state index < -0.39 is 0 Å². The molecule has 94 valence electrons. The summed E-state index contributed by atoms with van der Waals surface area (Å²) >= 11 is 3.15. The Hall–Kier alpha value is -1.42. The molecular weight excluding hydrogens is 299 g/mol. The predicted octanol–water partition coefficient (Wildman–Crippen LogP) is 3.93. The first-order valence-electron chi connectivity index (χ1n) is 5.64. The zero-order valence-corrected chi connectivity index (χ0v) is 11.2. The van der Waals surface area contributed by atoms with Gasteiger partial charge in [0, 0.05) is 19.3 Å². The lowest BCUT2D eigenvalue weighted by Crippen LogP contribution is -2.05. The molecule has 4 heteroatoms. The quantitative estimate of drug-likeness (QED) is 0.837. The maximum absolute atomic E-state index is 13.3. The number of hydrogen-bond donors (Lipinski definition) is 0. The molecule has 0 aliphatic carbocycles. The molecule has 0 atom stereocenters. The summed E-state index contributed by atoms with van der Waals surface area (Å²) in [4.78, 5) is 11.8. The molecule has 0 saturated heterocycles. The summed E-state index contributed by atoms with van der Waals surface area (Å²) in [6.07, 6.45) is 2.80. The van der Waals surface area contributed by atoms with E-state index in [4.69, 9.17) is 4.42 Å². The van der Waals surface area contributed by atoms with Crippen LogP contribution in [0.3, 0.4) is 0 Å². The fraction of sp³-hybridized carbons (Fsp3) is 0.214. The van der Waals surface area contributed by atoms with Gasteiger partial charge >= 0.3 is 0 Å². The van der Waals surface area contributed by atoms with Crippen LogP contribution in [0.15, 0.2) is 45.5 Å². The maximum Gasteiger partial charge on any atom is 0.137 e. The molecule has 18 heavy (non-hydrogen) atoms. The van der Waals surface area contributed by atoms with Crippen molar-refractivity contribution in [3.8, 4) is 0 Å². The molecule has 0 bridgehead atoms. The van der Waals surface area contributed by atoms with Crippen molar-refractivity contribution in [1.29, 1.82) is 0 Å². The average molecular weight is 311 g/mol. The number of benzene rings is 1. The Morgan fingerprint density at radius 3 is 2.83 bits per heavy atom. The van der Waals surface area contributed by atoms with Gasteiger partial charge in [-0.25, -0.2) is 4.39 Å². The average Bonchev–Trinajstić information content (AvgIpc) is 2.86. The summed E-state index contributed by atoms with van der Waals surface area (Å²) in [5.74, 6) is 0.519. The van der Waals surface area contributed by atoms with E-state index in [2.05, 4.69) is 15.9 Å². The molecule has 0 amide bonds. The molecule has 2 rings (SSSR count). The largest absolute Gasteiger partial charge is 0.469 e. The van der Waals surface area contributed by atoms with Crippen molar-refractivity contribution in [2.75, 3.05) is 0 Å². The molecular formula is C14H12BrFO2. The lowest BCUT2D eigenvalue weighted by Gasteiger charge is -2.04. The number of Topliss-reactive ketones (excluding diaryl/α,β-unsaturated/α-hetero) is 1. The number of rotatable bonds is 5. The zero-order valence-electron chi connectivity index (χ0n) is 9.66. The third-order valence-electron chi connectivity index (χ3n) is 2.65. The number of carbonyl (C=O) groups is 1. The Morgan fingerprint density at radius 1 is 1.28 bits per heavy atom. The lowest BCUT2D eigenvalue weighted by molar-refractivity contribution is -0.118. The Bertz CT molecular complexity index is 535. The normalized spacial score (nSPS) is 10.6. The molecule has 2 nitrogen and oxygen atoms in total. The van der Waals surface area contributed by atoms with Crippen molar-refractivity contribution < 1.29 is 13.6 Å². The molecule has 0 fully saturated rings. The van der Waals surface area contributed by atoms with Gasteiger partial charge in [-0.1, -0.05) is 12.1 Å². The number of carbonyl (C=O) groups excluding carboxylic acids is 1. The van der Waals surface area contributed by atoms with E-state index >= 15 is 0 Å². The highest BCUT2D eigenvalue weighted by molar-refractivity contribution is 9.10. The summed E-state index contributed by atoms with van der Waals surface area (Å²) in [5.41, 5.74) is 0.680. The van der Waals surface area contributed by atoms with Crippen LogP contribution in [0.5, 0.6) is 0 Å². The van der Waals surface area contributed by atoms with E-state index in [1.807, 2.05) is 6.07 Å². The van der Waals surface area contributed by atoms with Gasteiger partial charge in [0.15, 0.2) is 0 Å². The highest BCUT2D eigenvalue weighted by Crippen LogP contribution is 2.21. The highest BCUT2D eigenvalue weighted by Gasteiger charge is 2.10. The van der Waals surface area contributed by atoms with Crippen LogP contribution in [0, 0.1) is 5.82 Å². The van der Waals surface area contributed by atoms with Crippen molar-refractivity contribution in [3.05, 3.63) is 58.2 Å². The molecule has 0 saturated carbocycles. The summed E-state index contributed by atoms with van der Waals surface area (Å²) in [7, 11) is 0. The van der Waals surface area contributed by atoms with Crippen LogP contribution < -0.4 is 0 Å². The van der Waals surface area contributed by atoms with Crippen LogP contribution in [0.25, 0.3) is 0 Å². The second-order valence-electron chi connectivity index (χ2n) is 4.01. The van der Waals surface area contributed by atoms with Gasteiger partial charge < -0.3 is 4.42 Å². The Balaban J connectivity index is 1.93.